The van der Waals surface area contributed by atoms with Gasteiger partial charge in [-0.05, 0) is 54.8 Å². The molecule has 302 valence electrons. The zero-order chi connectivity index (χ0) is 40.4. The first kappa shape index (κ1) is 47.2. The minimum atomic E-state index is -2.30. The molecule has 2 radical (unpaired) electrons. The van der Waals surface area contributed by atoms with Crippen LogP contribution in [0.25, 0.3) is 0 Å². The monoisotopic (exact) mass is 1220 g/mol. The SMILES string of the molecule is CC1=C2C(O)C(=O)C3(C)C(O)CC4OCC4(O)C3[C@H](OC(=O)c3ccccc3)C(O)(CC1OC(=O)C(O)C(NC(=O)c1ccccc1)c1ccccc1)C2(C)C.[Ac].[Ac]. The molecule has 3 aromatic rings. The molecule has 1 saturated heterocycles. The first-order valence-electron chi connectivity index (χ1n) is 18.7. The third-order valence-corrected chi connectivity index (χ3v) is 12.9. The number of fused-ring (bicyclic) bond motifs is 5. The standard InChI is InChI=1S/C43H47NO12.2Ac/c1-23-27(55-39(51)33(47)31(24-14-8-5-9-15-24)44-37(49)25-16-10-6-11-17-25)21-43(53)36(56-38(50)26-18-12-7-13-19-26)34-41(4,28(45)20-29-42(34,52)22-54-29)35(48)32(46)30(23)40(43,2)3;;/h5-19,27-29,31-34,36,45-47,52-53H,20-22H2,1-4H3,(H,44,49);;/t27?,28?,29?,31?,32?,33?,34?,36-,41?,42?,43?;;/m0../s1. The average Bonchev–Trinajstić information content (AvgIpc) is 3.19. The average molecular weight is 1220 g/mol. The van der Waals surface area contributed by atoms with Crippen molar-refractivity contribution in [2.24, 2.45) is 16.7 Å². The van der Waals surface area contributed by atoms with Crippen LogP contribution in [-0.4, -0.2) is 104 Å². The predicted molar refractivity (Wildman–Crippen MR) is 199 cm³/mol. The molecule has 2 bridgehead atoms. The number of nitrogens with one attached hydrogen (secondary N) is 1. The largest absolute Gasteiger partial charge is 0.456 e. The number of ether oxygens (including phenoxy) is 3. The van der Waals surface area contributed by atoms with E-state index in [2.05, 4.69) is 5.32 Å². The molecule has 10 unspecified atom stereocenters. The third-order valence-electron chi connectivity index (χ3n) is 12.9. The van der Waals surface area contributed by atoms with Crippen molar-refractivity contribution in [3.63, 3.8) is 0 Å². The molecule has 1 aliphatic heterocycles. The number of carbonyl (C=O) groups is 4. The van der Waals surface area contributed by atoms with E-state index in [0.717, 1.165) is 0 Å². The van der Waals surface area contributed by atoms with Crippen LogP contribution in [0.4, 0.5) is 0 Å². The van der Waals surface area contributed by atoms with Crippen LogP contribution in [0, 0.1) is 105 Å². The van der Waals surface area contributed by atoms with Gasteiger partial charge in [-0.15, -0.1) is 0 Å². The number of rotatable bonds is 8. The molecule has 13 nitrogen and oxygen atoms in total. The first-order valence-corrected chi connectivity index (χ1v) is 18.7. The maximum Gasteiger partial charge on any atom is 0.338 e. The van der Waals surface area contributed by atoms with Crippen molar-refractivity contribution in [3.05, 3.63) is 119 Å². The number of hydrogen-bond acceptors (Lipinski definition) is 12. The molecule has 6 N–H and O–H groups in total. The van der Waals surface area contributed by atoms with Gasteiger partial charge in [0.2, 0.25) is 0 Å². The topological polar surface area (TPSA) is 209 Å². The minimum absolute atomic E-state index is 0. The van der Waals surface area contributed by atoms with Crippen molar-refractivity contribution in [2.75, 3.05) is 6.61 Å². The van der Waals surface area contributed by atoms with Gasteiger partial charge in [0.1, 0.15) is 29.5 Å². The number of benzene rings is 3. The van der Waals surface area contributed by atoms with Gasteiger partial charge >= 0.3 is 11.9 Å². The number of hydrogen-bond donors (Lipinski definition) is 6. The Bertz CT molecular complexity index is 2050. The van der Waals surface area contributed by atoms with E-state index in [4.69, 9.17) is 14.2 Å². The summed E-state index contributed by atoms with van der Waals surface area (Å²) in [5.74, 6) is -5.07. The van der Waals surface area contributed by atoms with Crippen LogP contribution in [0.15, 0.2) is 102 Å². The Morgan fingerprint density at radius 3 is 1.95 bits per heavy atom. The van der Waals surface area contributed by atoms with Crippen LogP contribution in [-0.2, 0) is 23.8 Å². The fourth-order valence-electron chi connectivity index (χ4n) is 9.54. The molecule has 4 aliphatic rings. The minimum Gasteiger partial charge on any atom is -0.456 e. The van der Waals surface area contributed by atoms with E-state index in [1.54, 1.807) is 92.7 Å². The van der Waals surface area contributed by atoms with Gasteiger partial charge in [0.25, 0.3) is 5.91 Å². The molecule has 1 amide bonds. The Morgan fingerprint density at radius 1 is 0.845 bits per heavy atom. The Balaban J connectivity index is 0.00000320. The van der Waals surface area contributed by atoms with Crippen LogP contribution < -0.4 is 5.32 Å². The van der Waals surface area contributed by atoms with E-state index in [1.165, 1.54) is 26.0 Å². The molecule has 3 aliphatic carbocycles. The summed E-state index contributed by atoms with van der Waals surface area (Å²) in [5.41, 5.74) is -6.83. The zero-order valence-corrected chi connectivity index (χ0v) is 42.1. The van der Waals surface area contributed by atoms with Gasteiger partial charge in [-0.25, -0.2) is 9.59 Å². The van der Waals surface area contributed by atoms with Gasteiger partial charge in [-0.1, -0.05) is 80.6 Å². The van der Waals surface area contributed by atoms with E-state index in [1.807, 2.05) is 0 Å². The van der Waals surface area contributed by atoms with E-state index in [9.17, 15) is 44.7 Å². The zero-order valence-electron chi connectivity index (χ0n) is 32.6. The van der Waals surface area contributed by atoms with Crippen LogP contribution in [0.1, 0.15) is 72.9 Å². The Kier molecular flexibility index (Phi) is 14.5. The number of ketones is 1. The molecular weight excluding hydrogens is 1180 g/mol. The van der Waals surface area contributed by atoms with E-state index < -0.39 is 101 Å². The molecule has 1 heterocycles. The predicted octanol–water partition coefficient (Wildman–Crippen LogP) is 2.59. The molecule has 58 heavy (non-hydrogen) atoms. The second-order valence-corrected chi connectivity index (χ2v) is 16.2. The quantitative estimate of drug-likeness (QED) is 0.142. The fraction of sp³-hybridized carbons (Fsp3) is 0.442. The van der Waals surface area contributed by atoms with Crippen LogP contribution in [0.2, 0.25) is 0 Å². The van der Waals surface area contributed by atoms with Gasteiger partial charge in [-0.2, -0.15) is 0 Å². The van der Waals surface area contributed by atoms with Crippen molar-refractivity contribution in [1.82, 2.24) is 5.32 Å². The van der Waals surface area contributed by atoms with E-state index >= 15 is 0 Å². The summed E-state index contributed by atoms with van der Waals surface area (Å²) in [5, 5.41) is 63.6. The summed E-state index contributed by atoms with van der Waals surface area (Å²) < 4.78 is 17.9. The number of Topliss-reactive ketones (excluding diaryl/α,β-unsaturated/α-hetero) is 1. The summed E-state index contributed by atoms with van der Waals surface area (Å²) in [6.45, 7) is 5.72. The molecule has 11 atom stereocenters. The number of carbonyl (C=O) groups excluding carboxylic acids is 4. The first-order chi connectivity index (χ1) is 26.5. The summed E-state index contributed by atoms with van der Waals surface area (Å²) >= 11 is 0. The molecule has 2 saturated carbocycles. The van der Waals surface area contributed by atoms with Crippen LogP contribution in [0.3, 0.4) is 0 Å². The van der Waals surface area contributed by atoms with Crippen LogP contribution >= 0.6 is 0 Å². The van der Waals surface area contributed by atoms with Crippen LogP contribution in [0.5, 0.6) is 0 Å². The van der Waals surface area contributed by atoms with Crippen molar-refractivity contribution in [1.29, 1.82) is 0 Å². The molecule has 3 aromatic carbocycles. The summed E-state index contributed by atoms with van der Waals surface area (Å²) in [6.07, 6.45) is -10.3. The third kappa shape index (κ3) is 7.78. The smallest absolute Gasteiger partial charge is 0.338 e. The number of aliphatic hydroxyl groups is 5. The molecular formula is C43H47Ac2NO12. The van der Waals surface area contributed by atoms with Gasteiger partial charge in [0.05, 0.1) is 35.8 Å². The molecule has 3 fully saturated rings. The summed E-state index contributed by atoms with van der Waals surface area (Å²) in [7, 11) is 0. The number of aliphatic hydroxyl groups excluding tert-OH is 3. The molecule has 0 aromatic heterocycles. The van der Waals surface area contributed by atoms with Crippen molar-refractivity contribution < 1.29 is 147 Å². The van der Waals surface area contributed by atoms with E-state index in [-0.39, 0.29) is 123 Å². The van der Waals surface area contributed by atoms with Crippen molar-refractivity contribution in [3.8, 4) is 0 Å². The Labute approximate surface area is 408 Å². The van der Waals surface area contributed by atoms with E-state index in [0.29, 0.717) is 5.56 Å². The fourth-order valence-corrected chi connectivity index (χ4v) is 9.54. The van der Waals surface area contributed by atoms with Gasteiger partial charge < -0.3 is 45.1 Å². The normalized spacial score (nSPS) is 33.1. The molecule has 7 rings (SSSR count). The van der Waals surface area contributed by atoms with Gasteiger partial charge in [0, 0.05) is 118 Å². The number of amides is 1. The maximum atomic E-state index is 14.7. The second-order valence-electron chi connectivity index (χ2n) is 16.2. The Hall–Kier alpha value is -1.88. The van der Waals surface area contributed by atoms with Crippen molar-refractivity contribution >= 4 is 23.6 Å². The second kappa shape index (κ2) is 17.8. The molecule has 15 heteroatoms. The molecule has 0 spiro atoms. The van der Waals surface area contributed by atoms with Gasteiger partial charge in [-0.3, -0.25) is 9.59 Å². The summed E-state index contributed by atoms with van der Waals surface area (Å²) in [4.78, 5) is 56.0. The Morgan fingerprint density at radius 2 is 1.40 bits per heavy atom. The van der Waals surface area contributed by atoms with Gasteiger partial charge in [0.15, 0.2) is 11.9 Å². The summed E-state index contributed by atoms with van der Waals surface area (Å²) in [6, 6.07) is 23.2. The van der Waals surface area contributed by atoms with Crippen molar-refractivity contribution in [2.45, 2.75) is 94.4 Å². The maximum absolute atomic E-state index is 14.7. The number of esters is 2.